The van der Waals surface area contributed by atoms with Crippen molar-refractivity contribution in [3.8, 4) is 0 Å². The molecule has 0 aromatic rings. The van der Waals surface area contributed by atoms with Crippen molar-refractivity contribution in [2.24, 2.45) is 5.41 Å². The van der Waals surface area contributed by atoms with Gasteiger partial charge in [-0.15, -0.1) is 24.8 Å². The van der Waals surface area contributed by atoms with Crippen molar-refractivity contribution in [2.75, 3.05) is 50.8 Å². The van der Waals surface area contributed by atoms with Gasteiger partial charge in [0.25, 0.3) is 0 Å². The van der Waals surface area contributed by atoms with Gasteiger partial charge in [0, 0.05) is 44.2 Å². The van der Waals surface area contributed by atoms with E-state index in [0.29, 0.717) is 0 Å². The van der Waals surface area contributed by atoms with Gasteiger partial charge >= 0.3 is 0 Å². The molecule has 4 nitrogen and oxygen atoms in total. The molecule has 2 heterocycles. The normalized spacial score (nSPS) is 27.1. The fraction of sp³-hybridized carbons (Fsp3) is 0.923. The number of hydrogen-bond acceptors (Lipinski definition) is 4. The molecule has 0 saturated carbocycles. The third kappa shape index (κ3) is 5.98. The summed E-state index contributed by atoms with van der Waals surface area (Å²) in [6, 6.07) is 0. The number of halogens is 2. The van der Waals surface area contributed by atoms with Crippen molar-refractivity contribution in [2.45, 2.75) is 19.8 Å². The zero-order valence-electron chi connectivity index (χ0n) is 12.2. The van der Waals surface area contributed by atoms with E-state index in [9.17, 15) is 4.79 Å². The standard InChI is InChI=1S/C13H25N3OS.2ClH/c1-13(3-2-4-14-11-13)12(17)15-5-6-16-7-9-18-10-8-16;;/h14H,2-11H2,1H3,(H,15,17);2*1H. The van der Waals surface area contributed by atoms with Crippen LogP contribution in [0.1, 0.15) is 19.8 Å². The van der Waals surface area contributed by atoms with Crippen LogP contribution in [0.15, 0.2) is 0 Å². The Kier molecular flexibility index (Phi) is 10.3. The van der Waals surface area contributed by atoms with Crippen LogP contribution in [0.4, 0.5) is 0 Å². The topological polar surface area (TPSA) is 44.4 Å². The van der Waals surface area contributed by atoms with Crippen LogP contribution in [-0.2, 0) is 4.79 Å². The highest BCUT2D eigenvalue weighted by molar-refractivity contribution is 7.99. The number of rotatable bonds is 4. The third-order valence-electron chi connectivity index (χ3n) is 3.96. The van der Waals surface area contributed by atoms with E-state index in [1.165, 1.54) is 24.6 Å². The van der Waals surface area contributed by atoms with Gasteiger partial charge in [-0.25, -0.2) is 0 Å². The number of nitrogens with one attached hydrogen (secondary N) is 2. The lowest BCUT2D eigenvalue weighted by Crippen LogP contribution is -2.50. The number of thioether (sulfide) groups is 1. The minimum absolute atomic E-state index is 0. The lowest BCUT2D eigenvalue weighted by Gasteiger charge is -2.33. The molecule has 0 spiro atoms. The van der Waals surface area contributed by atoms with Gasteiger partial charge < -0.3 is 10.6 Å². The van der Waals surface area contributed by atoms with Gasteiger partial charge in [0.1, 0.15) is 0 Å². The Morgan fingerprint density at radius 1 is 1.35 bits per heavy atom. The van der Waals surface area contributed by atoms with E-state index in [4.69, 9.17) is 0 Å². The Balaban J connectivity index is 0.00000180. The van der Waals surface area contributed by atoms with Gasteiger partial charge in [-0.05, 0) is 26.3 Å². The van der Waals surface area contributed by atoms with Crippen LogP contribution in [0.5, 0.6) is 0 Å². The van der Waals surface area contributed by atoms with Crippen molar-refractivity contribution in [3.05, 3.63) is 0 Å². The molecule has 1 amide bonds. The number of hydrogen-bond donors (Lipinski definition) is 2. The Hall–Kier alpha value is 0.320. The number of nitrogens with zero attached hydrogens (tertiary/aromatic N) is 1. The van der Waals surface area contributed by atoms with Crippen molar-refractivity contribution < 1.29 is 4.79 Å². The summed E-state index contributed by atoms with van der Waals surface area (Å²) in [5.74, 6) is 2.69. The molecule has 0 aliphatic carbocycles. The first-order valence-corrected chi connectivity index (χ1v) is 8.15. The van der Waals surface area contributed by atoms with Crippen LogP contribution < -0.4 is 10.6 Å². The van der Waals surface area contributed by atoms with E-state index in [0.717, 1.165) is 39.0 Å². The molecule has 120 valence electrons. The fourth-order valence-corrected chi connectivity index (χ4v) is 3.59. The average molecular weight is 344 g/mol. The molecule has 2 N–H and O–H groups in total. The van der Waals surface area contributed by atoms with E-state index in [1.54, 1.807) is 0 Å². The Morgan fingerprint density at radius 3 is 2.65 bits per heavy atom. The summed E-state index contributed by atoms with van der Waals surface area (Å²) in [4.78, 5) is 14.6. The highest BCUT2D eigenvalue weighted by atomic mass is 35.5. The molecule has 0 radical (unpaired) electrons. The first kappa shape index (κ1) is 20.3. The van der Waals surface area contributed by atoms with Crippen LogP contribution in [0, 0.1) is 5.41 Å². The van der Waals surface area contributed by atoms with Crippen molar-refractivity contribution in [1.29, 1.82) is 0 Å². The molecule has 2 fully saturated rings. The van der Waals surface area contributed by atoms with Crippen LogP contribution in [0.3, 0.4) is 0 Å². The number of piperidine rings is 1. The zero-order chi connectivity index (χ0) is 12.8. The second-order valence-electron chi connectivity index (χ2n) is 5.55. The second kappa shape index (κ2) is 10.1. The van der Waals surface area contributed by atoms with Crippen LogP contribution in [-0.4, -0.2) is 61.6 Å². The molecule has 7 heteroatoms. The summed E-state index contributed by atoms with van der Waals surface area (Å²) >= 11 is 2.02. The first-order chi connectivity index (χ1) is 8.71. The van der Waals surface area contributed by atoms with Gasteiger partial charge in [-0.2, -0.15) is 11.8 Å². The zero-order valence-corrected chi connectivity index (χ0v) is 14.6. The third-order valence-corrected chi connectivity index (χ3v) is 4.91. The molecule has 2 rings (SSSR count). The molecule has 2 aliphatic heterocycles. The molecule has 0 bridgehead atoms. The Bertz CT molecular complexity index is 283. The van der Waals surface area contributed by atoms with Crippen molar-refractivity contribution >= 4 is 42.5 Å². The van der Waals surface area contributed by atoms with Gasteiger partial charge in [-0.3, -0.25) is 9.69 Å². The largest absolute Gasteiger partial charge is 0.354 e. The monoisotopic (exact) mass is 343 g/mol. The second-order valence-corrected chi connectivity index (χ2v) is 6.78. The maximum absolute atomic E-state index is 12.2. The molecule has 20 heavy (non-hydrogen) atoms. The van der Waals surface area contributed by atoms with Crippen LogP contribution in [0.25, 0.3) is 0 Å². The Morgan fingerprint density at radius 2 is 2.05 bits per heavy atom. The van der Waals surface area contributed by atoms with Gasteiger partial charge in [0.05, 0.1) is 5.41 Å². The number of amides is 1. The van der Waals surface area contributed by atoms with Crippen LogP contribution >= 0.6 is 36.6 Å². The number of carbonyl (C=O) groups is 1. The summed E-state index contributed by atoms with van der Waals surface area (Å²) in [6.45, 7) is 8.06. The summed E-state index contributed by atoms with van der Waals surface area (Å²) in [7, 11) is 0. The summed E-state index contributed by atoms with van der Waals surface area (Å²) < 4.78 is 0. The number of carbonyl (C=O) groups excluding carboxylic acids is 1. The molecule has 2 aliphatic rings. The highest BCUT2D eigenvalue weighted by Gasteiger charge is 2.34. The molecular formula is C13H27Cl2N3OS. The summed E-state index contributed by atoms with van der Waals surface area (Å²) in [5.41, 5.74) is -0.198. The SMILES string of the molecule is CC1(C(=O)NCCN2CCSCC2)CCCNC1.Cl.Cl. The quantitative estimate of drug-likeness (QED) is 0.809. The molecule has 1 unspecified atom stereocenters. The summed E-state index contributed by atoms with van der Waals surface area (Å²) in [6.07, 6.45) is 2.11. The van der Waals surface area contributed by atoms with E-state index < -0.39 is 0 Å². The molecule has 0 aromatic heterocycles. The van der Waals surface area contributed by atoms with E-state index in [1.807, 2.05) is 11.8 Å². The average Bonchev–Trinajstić information content (AvgIpc) is 2.41. The van der Waals surface area contributed by atoms with Gasteiger partial charge in [0.15, 0.2) is 0 Å². The highest BCUT2D eigenvalue weighted by Crippen LogP contribution is 2.25. The van der Waals surface area contributed by atoms with Crippen LogP contribution in [0.2, 0.25) is 0 Å². The van der Waals surface area contributed by atoms with E-state index in [2.05, 4.69) is 22.5 Å². The lowest BCUT2D eigenvalue weighted by molar-refractivity contribution is -0.131. The summed E-state index contributed by atoms with van der Waals surface area (Å²) in [5, 5.41) is 6.43. The van der Waals surface area contributed by atoms with Crippen molar-refractivity contribution in [3.63, 3.8) is 0 Å². The predicted molar refractivity (Wildman–Crippen MR) is 91.5 cm³/mol. The molecule has 1 atom stereocenters. The molecule has 0 aromatic carbocycles. The predicted octanol–water partition coefficient (Wildman–Crippen LogP) is 1.38. The lowest BCUT2D eigenvalue weighted by atomic mass is 9.82. The molecular weight excluding hydrogens is 317 g/mol. The minimum Gasteiger partial charge on any atom is -0.354 e. The van der Waals surface area contributed by atoms with Crippen molar-refractivity contribution in [1.82, 2.24) is 15.5 Å². The smallest absolute Gasteiger partial charge is 0.227 e. The van der Waals surface area contributed by atoms with E-state index in [-0.39, 0.29) is 36.1 Å². The maximum Gasteiger partial charge on any atom is 0.227 e. The first-order valence-electron chi connectivity index (χ1n) is 7.00. The van der Waals surface area contributed by atoms with E-state index >= 15 is 0 Å². The van der Waals surface area contributed by atoms with Gasteiger partial charge in [-0.1, -0.05) is 0 Å². The fourth-order valence-electron chi connectivity index (χ4n) is 2.62. The Labute approximate surface area is 139 Å². The van der Waals surface area contributed by atoms with Gasteiger partial charge in [0.2, 0.25) is 5.91 Å². The molecule has 2 saturated heterocycles. The maximum atomic E-state index is 12.2. The minimum atomic E-state index is -0.198.